The van der Waals surface area contributed by atoms with Crippen molar-refractivity contribution in [1.29, 1.82) is 0 Å². The van der Waals surface area contributed by atoms with Crippen molar-refractivity contribution in [2.45, 2.75) is 6.42 Å². The summed E-state index contributed by atoms with van der Waals surface area (Å²) in [6.45, 7) is 0. The number of carboxylic acid groups (broad SMARTS) is 1. The van der Waals surface area contributed by atoms with Gasteiger partial charge in [-0.3, -0.25) is 0 Å². The van der Waals surface area contributed by atoms with Crippen LogP contribution in [0.1, 0.15) is 5.56 Å². The second-order valence-corrected chi connectivity index (χ2v) is 2.54. The Balaban J connectivity index is 2.55. The zero-order valence-electron chi connectivity index (χ0n) is 6.97. The predicted molar refractivity (Wildman–Crippen MR) is 49.1 cm³/mol. The fraction of sp³-hybridized carbons (Fsp3) is 0.111. The zero-order chi connectivity index (χ0) is 9.68. The maximum absolute atomic E-state index is 10.1. The van der Waals surface area contributed by atoms with E-state index in [2.05, 4.69) is 4.98 Å². The Labute approximate surface area is 75.7 Å². The Morgan fingerprint density at radius 3 is 2.92 bits per heavy atom. The van der Waals surface area contributed by atoms with Crippen LogP contribution in [0.3, 0.4) is 0 Å². The first-order valence-corrected chi connectivity index (χ1v) is 3.78. The zero-order valence-corrected chi connectivity index (χ0v) is 6.97. The van der Waals surface area contributed by atoms with Gasteiger partial charge in [0, 0.05) is 12.3 Å². The summed E-state index contributed by atoms with van der Waals surface area (Å²) in [6.07, 6.45) is 4.85. The number of carboxylic acids is 1. The number of hydrogen-bond donors (Lipinski definition) is 2. The molecule has 0 atom stereocenters. The molecule has 0 aliphatic rings. The third-order valence-electron chi connectivity index (χ3n) is 1.46. The third kappa shape index (κ3) is 3.37. The monoisotopic (exact) mass is 178 g/mol. The molecule has 4 heteroatoms. The summed E-state index contributed by atoms with van der Waals surface area (Å²) in [6, 6.07) is 3.50. The molecule has 1 aromatic rings. The molecule has 4 nitrogen and oxygen atoms in total. The van der Waals surface area contributed by atoms with Crippen LogP contribution < -0.4 is 5.73 Å². The van der Waals surface area contributed by atoms with Crippen molar-refractivity contribution < 1.29 is 9.90 Å². The third-order valence-corrected chi connectivity index (χ3v) is 1.46. The van der Waals surface area contributed by atoms with Gasteiger partial charge in [-0.05, 0) is 18.1 Å². The summed E-state index contributed by atoms with van der Waals surface area (Å²) in [4.78, 5) is 14.0. The normalized spacial score (nSPS) is 10.5. The van der Waals surface area contributed by atoms with Crippen LogP contribution in [0.4, 0.5) is 5.82 Å². The molecule has 1 heterocycles. The number of hydrogen-bond acceptors (Lipinski definition) is 3. The Morgan fingerprint density at radius 2 is 2.38 bits per heavy atom. The van der Waals surface area contributed by atoms with E-state index in [9.17, 15) is 4.79 Å². The molecule has 1 aromatic heterocycles. The van der Waals surface area contributed by atoms with Gasteiger partial charge in [-0.15, -0.1) is 0 Å². The van der Waals surface area contributed by atoms with Crippen LogP contribution in [0.5, 0.6) is 0 Å². The van der Waals surface area contributed by atoms with Crippen molar-refractivity contribution in [2.24, 2.45) is 0 Å². The molecule has 0 aliphatic carbocycles. The summed E-state index contributed by atoms with van der Waals surface area (Å²) < 4.78 is 0. The van der Waals surface area contributed by atoms with Crippen molar-refractivity contribution in [3.63, 3.8) is 0 Å². The van der Waals surface area contributed by atoms with Gasteiger partial charge in [-0.2, -0.15) is 0 Å². The fourth-order valence-corrected chi connectivity index (χ4v) is 0.853. The number of carbonyl (C=O) groups is 1. The van der Waals surface area contributed by atoms with Crippen LogP contribution in [0.15, 0.2) is 30.5 Å². The summed E-state index contributed by atoms with van der Waals surface area (Å²) in [7, 11) is 0. The predicted octanol–water partition coefficient (Wildman–Crippen LogP) is 0.847. The highest BCUT2D eigenvalue weighted by atomic mass is 16.4. The van der Waals surface area contributed by atoms with Crippen LogP contribution >= 0.6 is 0 Å². The van der Waals surface area contributed by atoms with Gasteiger partial charge in [-0.1, -0.05) is 12.1 Å². The van der Waals surface area contributed by atoms with Crippen molar-refractivity contribution in [3.05, 3.63) is 36.0 Å². The Hall–Kier alpha value is -1.84. The molecule has 0 saturated heterocycles. The number of aromatic nitrogens is 1. The Bertz CT molecular complexity index is 317. The van der Waals surface area contributed by atoms with Crippen molar-refractivity contribution >= 4 is 11.8 Å². The molecule has 68 valence electrons. The summed E-state index contributed by atoms with van der Waals surface area (Å²) in [5, 5.41) is 8.31. The number of pyridine rings is 1. The topological polar surface area (TPSA) is 76.2 Å². The lowest BCUT2D eigenvalue weighted by atomic mass is 10.2. The maximum Gasteiger partial charge on any atom is 0.327 e. The number of aliphatic carboxylic acids is 1. The molecule has 1 rings (SSSR count). The fourth-order valence-electron chi connectivity index (χ4n) is 0.853. The number of nitrogens with zero attached hydrogens (tertiary/aromatic N) is 1. The summed E-state index contributed by atoms with van der Waals surface area (Å²) >= 11 is 0. The molecular formula is C9H10N2O2. The van der Waals surface area contributed by atoms with Gasteiger partial charge in [0.1, 0.15) is 5.82 Å². The average Bonchev–Trinajstić information content (AvgIpc) is 2.08. The highest BCUT2D eigenvalue weighted by molar-refractivity contribution is 5.79. The Kier molecular flexibility index (Phi) is 3.03. The molecule has 13 heavy (non-hydrogen) atoms. The highest BCUT2D eigenvalue weighted by Gasteiger charge is 1.91. The lowest BCUT2D eigenvalue weighted by Gasteiger charge is -1.95. The van der Waals surface area contributed by atoms with Crippen LogP contribution in [0, 0.1) is 0 Å². The number of allylic oxidation sites excluding steroid dienone is 1. The van der Waals surface area contributed by atoms with Gasteiger partial charge < -0.3 is 10.8 Å². The van der Waals surface area contributed by atoms with Gasteiger partial charge in [-0.25, -0.2) is 9.78 Å². The first-order valence-electron chi connectivity index (χ1n) is 3.78. The summed E-state index contributed by atoms with van der Waals surface area (Å²) in [5.41, 5.74) is 6.32. The molecule has 0 saturated carbocycles. The number of nitrogen functional groups attached to an aromatic ring is 1. The molecule has 3 N–H and O–H groups in total. The van der Waals surface area contributed by atoms with Gasteiger partial charge in [0.05, 0.1) is 0 Å². The average molecular weight is 178 g/mol. The molecule has 0 fully saturated rings. The minimum atomic E-state index is -0.941. The lowest BCUT2D eigenvalue weighted by Crippen LogP contribution is -1.91. The smallest absolute Gasteiger partial charge is 0.327 e. The van der Waals surface area contributed by atoms with Gasteiger partial charge in [0.25, 0.3) is 0 Å². The molecular weight excluding hydrogens is 168 g/mol. The Morgan fingerprint density at radius 1 is 1.62 bits per heavy atom. The van der Waals surface area contributed by atoms with Gasteiger partial charge in [0.15, 0.2) is 0 Å². The molecule has 0 spiro atoms. The van der Waals surface area contributed by atoms with E-state index in [-0.39, 0.29) is 0 Å². The van der Waals surface area contributed by atoms with Gasteiger partial charge in [0.2, 0.25) is 0 Å². The number of rotatable bonds is 3. The van der Waals surface area contributed by atoms with Crippen molar-refractivity contribution in [2.75, 3.05) is 5.73 Å². The quantitative estimate of drug-likeness (QED) is 0.672. The second-order valence-electron chi connectivity index (χ2n) is 2.54. The van der Waals surface area contributed by atoms with E-state index in [0.29, 0.717) is 12.2 Å². The molecule has 0 aliphatic heterocycles. The van der Waals surface area contributed by atoms with E-state index in [4.69, 9.17) is 10.8 Å². The molecule has 0 radical (unpaired) electrons. The molecule has 0 bridgehead atoms. The van der Waals surface area contributed by atoms with Crippen LogP contribution in [-0.2, 0) is 11.2 Å². The van der Waals surface area contributed by atoms with Crippen molar-refractivity contribution in [1.82, 2.24) is 4.98 Å². The second kappa shape index (κ2) is 4.25. The lowest BCUT2D eigenvalue weighted by molar-refractivity contribution is -0.131. The van der Waals surface area contributed by atoms with Crippen molar-refractivity contribution in [3.8, 4) is 0 Å². The van der Waals surface area contributed by atoms with Gasteiger partial charge >= 0.3 is 5.97 Å². The van der Waals surface area contributed by atoms with E-state index in [1.165, 1.54) is 0 Å². The number of nitrogens with two attached hydrogens (primary N) is 1. The first-order chi connectivity index (χ1) is 6.18. The molecule has 0 aromatic carbocycles. The van der Waals surface area contributed by atoms with E-state index < -0.39 is 5.97 Å². The van der Waals surface area contributed by atoms with Crippen LogP contribution in [0.2, 0.25) is 0 Å². The summed E-state index contributed by atoms with van der Waals surface area (Å²) in [5.74, 6) is -0.477. The van der Waals surface area contributed by atoms with E-state index in [0.717, 1.165) is 11.6 Å². The van der Waals surface area contributed by atoms with E-state index in [1.54, 1.807) is 18.3 Å². The highest BCUT2D eigenvalue weighted by Crippen LogP contribution is 2.02. The largest absolute Gasteiger partial charge is 0.478 e. The molecule has 0 unspecified atom stereocenters. The standard InChI is InChI=1S/C9H10N2O2/c10-8-5-4-7(6-11-8)2-1-3-9(12)13/h1,3-6H,2H2,(H2,10,11)(H,12,13)/b3-1+. The van der Waals surface area contributed by atoms with E-state index in [1.807, 2.05) is 6.07 Å². The first kappa shape index (κ1) is 9.25. The number of anilines is 1. The molecule has 0 amide bonds. The maximum atomic E-state index is 10.1. The minimum absolute atomic E-state index is 0.464. The van der Waals surface area contributed by atoms with Crippen LogP contribution in [-0.4, -0.2) is 16.1 Å². The SMILES string of the molecule is Nc1ccc(C/C=C/C(=O)O)cn1. The van der Waals surface area contributed by atoms with E-state index >= 15 is 0 Å². The minimum Gasteiger partial charge on any atom is -0.478 e. The van der Waals surface area contributed by atoms with Crippen LogP contribution in [0.25, 0.3) is 0 Å².